The van der Waals surface area contributed by atoms with Crippen molar-refractivity contribution in [3.05, 3.63) is 66.0 Å². The van der Waals surface area contributed by atoms with Crippen molar-refractivity contribution in [2.24, 2.45) is 0 Å². The molecule has 2 amide bonds. The SMILES string of the molecule is COCC(=O)NCCCCCc1nc2ccccc2n1CC(=O)N(C)Cc1ccccc1. The van der Waals surface area contributed by atoms with Gasteiger partial charge in [-0.3, -0.25) is 9.59 Å². The number of nitrogens with one attached hydrogen (secondary N) is 1. The molecule has 3 aromatic rings. The highest BCUT2D eigenvalue weighted by molar-refractivity contribution is 5.81. The molecule has 0 unspecified atom stereocenters. The molecule has 3 rings (SSSR count). The summed E-state index contributed by atoms with van der Waals surface area (Å²) in [6, 6.07) is 17.9. The standard InChI is InChI=1S/C25H32N4O3/c1-28(17-20-11-5-3-6-12-20)25(31)18-29-22-14-9-8-13-21(22)27-23(29)15-7-4-10-16-26-24(30)19-32-2/h3,5-6,8-9,11-14H,4,7,10,15-19H2,1-2H3,(H,26,30). The van der Waals surface area contributed by atoms with E-state index in [1.807, 2.05) is 66.2 Å². The molecular weight excluding hydrogens is 404 g/mol. The molecule has 170 valence electrons. The Labute approximate surface area is 189 Å². The summed E-state index contributed by atoms with van der Waals surface area (Å²) in [5.74, 6) is 0.891. The molecule has 2 aromatic carbocycles. The van der Waals surface area contributed by atoms with Gasteiger partial charge in [0.15, 0.2) is 0 Å². The first-order valence-electron chi connectivity index (χ1n) is 11.1. The van der Waals surface area contributed by atoms with E-state index in [1.165, 1.54) is 7.11 Å². The maximum absolute atomic E-state index is 13.0. The zero-order valence-corrected chi connectivity index (χ0v) is 18.9. The summed E-state index contributed by atoms with van der Waals surface area (Å²) in [6.07, 6.45) is 3.60. The van der Waals surface area contributed by atoms with E-state index in [1.54, 1.807) is 4.90 Å². The molecule has 0 bridgehead atoms. The molecule has 0 radical (unpaired) electrons. The number of likely N-dealkylation sites (N-methyl/N-ethyl adjacent to an activating group) is 1. The average Bonchev–Trinajstić information content (AvgIpc) is 3.14. The van der Waals surface area contributed by atoms with Crippen molar-refractivity contribution in [1.82, 2.24) is 19.8 Å². The Balaban J connectivity index is 1.59. The second-order valence-electron chi connectivity index (χ2n) is 7.93. The predicted molar refractivity (Wildman–Crippen MR) is 125 cm³/mol. The van der Waals surface area contributed by atoms with E-state index in [0.29, 0.717) is 13.1 Å². The van der Waals surface area contributed by atoms with E-state index in [4.69, 9.17) is 9.72 Å². The van der Waals surface area contributed by atoms with Crippen molar-refractivity contribution in [2.75, 3.05) is 27.3 Å². The molecule has 0 saturated heterocycles. The smallest absolute Gasteiger partial charge is 0.245 e. The summed E-state index contributed by atoms with van der Waals surface area (Å²) in [4.78, 5) is 30.9. The first kappa shape index (κ1) is 23.5. The number of aromatic nitrogens is 2. The van der Waals surface area contributed by atoms with E-state index >= 15 is 0 Å². The normalized spacial score (nSPS) is 10.9. The monoisotopic (exact) mass is 436 g/mol. The summed E-state index contributed by atoms with van der Waals surface area (Å²) in [5.41, 5.74) is 3.00. The third-order valence-corrected chi connectivity index (χ3v) is 5.39. The molecule has 0 spiro atoms. The predicted octanol–water partition coefficient (Wildman–Crippen LogP) is 3.17. The van der Waals surface area contributed by atoms with Crippen molar-refractivity contribution in [2.45, 2.75) is 38.8 Å². The lowest BCUT2D eigenvalue weighted by Gasteiger charge is -2.19. The number of imidazole rings is 1. The van der Waals surface area contributed by atoms with E-state index in [0.717, 1.165) is 48.1 Å². The average molecular weight is 437 g/mol. The molecule has 0 fully saturated rings. The lowest BCUT2D eigenvalue weighted by molar-refractivity contribution is -0.131. The minimum absolute atomic E-state index is 0.0547. The Morgan fingerprint density at radius 3 is 2.56 bits per heavy atom. The number of rotatable bonds is 12. The van der Waals surface area contributed by atoms with Gasteiger partial charge in [-0.1, -0.05) is 48.9 Å². The fraction of sp³-hybridized carbons (Fsp3) is 0.400. The van der Waals surface area contributed by atoms with Gasteiger partial charge in [0.1, 0.15) is 19.0 Å². The Bertz CT molecular complexity index is 1020. The van der Waals surface area contributed by atoms with Crippen molar-refractivity contribution in [3.63, 3.8) is 0 Å². The molecule has 7 heteroatoms. The first-order valence-corrected chi connectivity index (χ1v) is 11.1. The van der Waals surface area contributed by atoms with Crippen LogP contribution in [0.1, 0.15) is 30.7 Å². The van der Waals surface area contributed by atoms with Gasteiger partial charge in [-0.15, -0.1) is 0 Å². The number of hydrogen-bond acceptors (Lipinski definition) is 4. The van der Waals surface area contributed by atoms with E-state index in [-0.39, 0.29) is 25.0 Å². The van der Waals surface area contributed by atoms with Crippen LogP contribution in [0.4, 0.5) is 0 Å². The van der Waals surface area contributed by atoms with Crippen LogP contribution in [0.2, 0.25) is 0 Å². The van der Waals surface area contributed by atoms with Crippen molar-refractivity contribution in [1.29, 1.82) is 0 Å². The molecule has 0 aliphatic rings. The third-order valence-electron chi connectivity index (χ3n) is 5.39. The van der Waals surface area contributed by atoms with Crippen LogP contribution in [0.15, 0.2) is 54.6 Å². The molecule has 0 aliphatic heterocycles. The number of nitrogens with zero attached hydrogens (tertiary/aromatic N) is 3. The number of para-hydroxylation sites is 2. The lowest BCUT2D eigenvalue weighted by Crippen LogP contribution is -2.30. The van der Waals surface area contributed by atoms with Crippen LogP contribution < -0.4 is 5.32 Å². The van der Waals surface area contributed by atoms with Crippen LogP contribution in [0.5, 0.6) is 0 Å². The Morgan fingerprint density at radius 1 is 1.03 bits per heavy atom. The largest absolute Gasteiger partial charge is 0.375 e. The number of amides is 2. The molecule has 1 N–H and O–H groups in total. The van der Waals surface area contributed by atoms with Crippen LogP contribution in [0.25, 0.3) is 11.0 Å². The molecule has 0 aliphatic carbocycles. The van der Waals surface area contributed by atoms with Gasteiger partial charge in [-0.05, 0) is 30.5 Å². The maximum atomic E-state index is 13.0. The Hall–Kier alpha value is -3.19. The molecule has 0 saturated carbocycles. The highest BCUT2D eigenvalue weighted by Crippen LogP contribution is 2.18. The zero-order valence-electron chi connectivity index (χ0n) is 18.9. The topological polar surface area (TPSA) is 76.5 Å². The molecule has 1 aromatic heterocycles. The van der Waals surface area contributed by atoms with E-state index in [2.05, 4.69) is 5.32 Å². The highest BCUT2D eigenvalue weighted by atomic mass is 16.5. The summed E-state index contributed by atoms with van der Waals surface area (Å²) in [7, 11) is 3.35. The quantitative estimate of drug-likeness (QED) is 0.443. The van der Waals surface area contributed by atoms with Gasteiger partial charge < -0.3 is 19.5 Å². The van der Waals surface area contributed by atoms with Gasteiger partial charge in [-0.2, -0.15) is 0 Å². The maximum Gasteiger partial charge on any atom is 0.245 e. The van der Waals surface area contributed by atoms with Gasteiger partial charge in [0.05, 0.1) is 11.0 Å². The van der Waals surface area contributed by atoms with Crippen LogP contribution in [0.3, 0.4) is 0 Å². The third kappa shape index (κ3) is 6.65. The Kier molecular flexibility index (Phi) is 8.80. The van der Waals surface area contributed by atoms with Crippen LogP contribution >= 0.6 is 0 Å². The summed E-state index contributed by atoms with van der Waals surface area (Å²) >= 11 is 0. The van der Waals surface area contributed by atoms with Crippen molar-refractivity contribution in [3.8, 4) is 0 Å². The second-order valence-corrected chi connectivity index (χ2v) is 7.93. The minimum Gasteiger partial charge on any atom is -0.375 e. The fourth-order valence-electron chi connectivity index (χ4n) is 3.69. The molecular formula is C25H32N4O3. The number of benzene rings is 2. The van der Waals surface area contributed by atoms with Gasteiger partial charge in [0.2, 0.25) is 11.8 Å². The van der Waals surface area contributed by atoms with Gasteiger partial charge in [0.25, 0.3) is 0 Å². The number of aryl methyl sites for hydroxylation is 1. The second kappa shape index (κ2) is 12.0. The number of ether oxygens (including phenoxy) is 1. The number of carbonyl (C=O) groups is 2. The number of methoxy groups -OCH3 is 1. The number of unbranched alkanes of at least 4 members (excludes halogenated alkanes) is 2. The summed E-state index contributed by atoms with van der Waals surface area (Å²) in [6.45, 7) is 1.58. The lowest BCUT2D eigenvalue weighted by atomic mass is 10.2. The number of fused-ring (bicyclic) bond motifs is 1. The summed E-state index contributed by atoms with van der Waals surface area (Å²) < 4.78 is 6.85. The van der Waals surface area contributed by atoms with Crippen LogP contribution in [-0.4, -0.2) is 53.6 Å². The van der Waals surface area contributed by atoms with Crippen LogP contribution in [0, 0.1) is 0 Å². The van der Waals surface area contributed by atoms with Crippen molar-refractivity contribution >= 4 is 22.8 Å². The first-order chi connectivity index (χ1) is 15.6. The van der Waals surface area contributed by atoms with Gasteiger partial charge in [0, 0.05) is 33.7 Å². The minimum atomic E-state index is -0.0903. The van der Waals surface area contributed by atoms with Crippen LogP contribution in [-0.2, 0) is 33.8 Å². The molecule has 32 heavy (non-hydrogen) atoms. The van der Waals surface area contributed by atoms with E-state index < -0.39 is 0 Å². The van der Waals surface area contributed by atoms with E-state index in [9.17, 15) is 9.59 Å². The fourth-order valence-corrected chi connectivity index (χ4v) is 3.69. The van der Waals surface area contributed by atoms with Gasteiger partial charge >= 0.3 is 0 Å². The van der Waals surface area contributed by atoms with Crippen molar-refractivity contribution < 1.29 is 14.3 Å². The zero-order chi connectivity index (χ0) is 22.8. The number of hydrogen-bond donors (Lipinski definition) is 1. The summed E-state index contributed by atoms with van der Waals surface area (Å²) in [5, 5.41) is 2.84. The molecule has 1 heterocycles. The Morgan fingerprint density at radius 2 is 1.78 bits per heavy atom. The molecule has 7 nitrogen and oxygen atoms in total. The van der Waals surface area contributed by atoms with Gasteiger partial charge in [-0.25, -0.2) is 4.98 Å². The molecule has 0 atom stereocenters. The number of carbonyl (C=O) groups excluding carboxylic acids is 2. The highest BCUT2D eigenvalue weighted by Gasteiger charge is 2.16.